The molecule has 2 amide bonds. The molecule has 0 spiro atoms. The van der Waals surface area contributed by atoms with Gasteiger partial charge in [0.25, 0.3) is 11.8 Å². The molecule has 2 unspecified atom stereocenters. The van der Waals surface area contributed by atoms with Crippen LogP contribution in [0.15, 0.2) is 48.5 Å². The van der Waals surface area contributed by atoms with Crippen LogP contribution in [-0.2, 0) is 9.59 Å². The van der Waals surface area contributed by atoms with Crippen molar-refractivity contribution in [1.82, 2.24) is 20.9 Å². The van der Waals surface area contributed by atoms with E-state index in [1.165, 1.54) is 33.5 Å². The summed E-state index contributed by atoms with van der Waals surface area (Å²) >= 11 is 20.3. The molecule has 2 saturated heterocycles. The predicted octanol–water partition coefficient (Wildman–Crippen LogP) is 4.14. The summed E-state index contributed by atoms with van der Waals surface area (Å²) in [5.74, 6) is 0.463. The van der Waals surface area contributed by atoms with Crippen molar-refractivity contribution in [3.63, 3.8) is 0 Å². The van der Waals surface area contributed by atoms with Crippen LogP contribution < -0.4 is 10.9 Å². The van der Waals surface area contributed by atoms with Gasteiger partial charge in [-0.1, -0.05) is 47.5 Å². The van der Waals surface area contributed by atoms with Crippen molar-refractivity contribution in [2.75, 3.05) is 11.5 Å². The van der Waals surface area contributed by atoms with Crippen LogP contribution in [0.1, 0.15) is 21.9 Å². The molecule has 0 aromatic heterocycles. The molecule has 0 saturated carbocycles. The zero-order valence-electron chi connectivity index (χ0n) is 15.4. The largest absolute Gasteiger partial charge is 0.272 e. The Morgan fingerprint density at radius 2 is 1.17 bits per heavy atom. The number of nitrogens with one attached hydrogen (secondary N) is 2. The van der Waals surface area contributed by atoms with Gasteiger partial charge in [-0.25, -0.2) is 10.0 Å². The Morgan fingerprint density at radius 3 is 1.53 bits per heavy atom. The normalized spacial score (nSPS) is 21.3. The molecule has 6 nitrogen and oxygen atoms in total. The Labute approximate surface area is 197 Å². The average Bonchev–Trinajstić information content (AvgIpc) is 3.26. The molecule has 0 bridgehead atoms. The summed E-state index contributed by atoms with van der Waals surface area (Å²) in [6.07, 6.45) is 0. The predicted molar refractivity (Wildman–Crippen MR) is 126 cm³/mol. The molecular weight excluding hydrogens is 483 g/mol. The first kappa shape index (κ1) is 21.6. The fourth-order valence-corrected chi connectivity index (χ4v) is 5.75. The van der Waals surface area contributed by atoms with Crippen molar-refractivity contribution in [1.29, 1.82) is 0 Å². The topological polar surface area (TPSA) is 64.7 Å². The minimum atomic E-state index is -0.245. The second-order valence-corrected chi connectivity index (χ2v) is 9.93. The van der Waals surface area contributed by atoms with E-state index in [0.717, 1.165) is 11.1 Å². The summed E-state index contributed by atoms with van der Waals surface area (Å²) in [5, 5.41) is 3.89. The lowest BCUT2D eigenvalue weighted by Crippen LogP contribution is -2.54. The van der Waals surface area contributed by atoms with Gasteiger partial charge in [0, 0.05) is 10.0 Å². The number of hydrogen-bond donors (Lipinski definition) is 2. The maximum atomic E-state index is 12.4. The smallest absolute Gasteiger partial charge is 0.252 e. The number of halogens is 2. The zero-order chi connectivity index (χ0) is 21.3. The van der Waals surface area contributed by atoms with E-state index in [2.05, 4.69) is 10.9 Å². The van der Waals surface area contributed by atoms with E-state index in [-0.39, 0.29) is 27.7 Å². The number of thiocarbonyl (C=S) groups is 1. The number of hydrogen-bond acceptors (Lipinski definition) is 5. The Bertz CT molecular complexity index is 897. The van der Waals surface area contributed by atoms with Crippen LogP contribution in [0.5, 0.6) is 0 Å². The Balaban J connectivity index is 1.45. The zero-order valence-corrected chi connectivity index (χ0v) is 19.3. The van der Waals surface area contributed by atoms with Crippen LogP contribution >= 0.6 is 58.9 Å². The molecule has 2 fully saturated rings. The van der Waals surface area contributed by atoms with Crippen molar-refractivity contribution < 1.29 is 9.59 Å². The Morgan fingerprint density at radius 1 is 0.800 bits per heavy atom. The monoisotopic (exact) mass is 498 g/mol. The standard InChI is InChI=1S/C19H16Cl2N4O2S3/c20-13-5-1-11(2-6-13)17-24(15(26)9-29-17)22-19(28)23-25-16(27)10-30-18(25)12-3-7-14(21)8-4-12/h1-8,17-18H,9-10H2,(H2,22,23,28). The van der Waals surface area contributed by atoms with E-state index in [4.69, 9.17) is 35.4 Å². The first-order valence-corrected chi connectivity index (χ1v) is 12.1. The van der Waals surface area contributed by atoms with Gasteiger partial charge in [-0.2, -0.15) is 0 Å². The number of hydrazine groups is 2. The third kappa shape index (κ3) is 4.65. The van der Waals surface area contributed by atoms with Gasteiger partial charge in [-0.3, -0.25) is 20.4 Å². The molecular formula is C19H16Cl2N4O2S3. The molecule has 4 rings (SSSR count). The summed E-state index contributed by atoms with van der Waals surface area (Å²) in [5.41, 5.74) is 7.75. The highest BCUT2D eigenvalue weighted by Gasteiger charge is 2.36. The fourth-order valence-electron chi connectivity index (χ4n) is 3.08. The molecule has 2 N–H and O–H groups in total. The second kappa shape index (κ2) is 9.23. The van der Waals surface area contributed by atoms with Crippen molar-refractivity contribution in [3.05, 3.63) is 69.7 Å². The first-order chi connectivity index (χ1) is 14.4. The summed E-state index contributed by atoms with van der Waals surface area (Å²) in [4.78, 5) is 24.8. The van der Waals surface area contributed by atoms with E-state index in [1.54, 1.807) is 24.3 Å². The third-order valence-electron chi connectivity index (χ3n) is 4.49. The van der Waals surface area contributed by atoms with Crippen molar-refractivity contribution in [2.24, 2.45) is 0 Å². The lowest BCUT2D eigenvalue weighted by Gasteiger charge is -2.30. The van der Waals surface area contributed by atoms with Crippen LogP contribution in [0.3, 0.4) is 0 Å². The van der Waals surface area contributed by atoms with E-state index in [0.29, 0.717) is 21.6 Å². The van der Waals surface area contributed by atoms with Gasteiger partial charge < -0.3 is 0 Å². The Hall–Kier alpha value is -1.65. The van der Waals surface area contributed by atoms with Crippen LogP contribution in [-0.4, -0.2) is 38.5 Å². The van der Waals surface area contributed by atoms with Gasteiger partial charge in [-0.15, -0.1) is 23.5 Å². The number of benzene rings is 2. The van der Waals surface area contributed by atoms with Gasteiger partial charge in [0.05, 0.1) is 11.5 Å². The summed E-state index contributed by atoms with van der Waals surface area (Å²) in [6.45, 7) is 0. The van der Waals surface area contributed by atoms with Crippen molar-refractivity contribution >= 4 is 75.9 Å². The maximum absolute atomic E-state index is 12.4. The van der Waals surface area contributed by atoms with Gasteiger partial charge >= 0.3 is 0 Å². The van der Waals surface area contributed by atoms with Gasteiger partial charge in [0.1, 0.15) is 10.7 Å². The minimum Gasteiger partial charge on any atom is -0.272 e. The minimum absolute atomic E-state index is 0.0968. The molecule has 156 valence electrons. The molecule has 0 radical (unpaired) electrons. The molecule has 11 heteroatoms. The van der Waals surface area contributed by atoms with E-state index in [9.17, 15) is 9.59 Å². The van der Waals surface area contributed by atoms with E-state index < -0.39 is 0 Å². The highest BCUT2D eigenvalue weighted by atomic mass is 35.5. The second-order valence-electron chi connectivity index (χ2n) is 6.51. The van der Waals surface area contributed by atoms with Crippen LogP contribution in [0.2, 0.25) is 10.0 Å². The molecule has 2 aromatic carbocycles. The molecule has 0 aliphatic carbocycles. The van der Waals surface area contributed by atoms with Crippen LogP contribution in [0.4, 0.5) is 0 Å². The molecule has 2 aromatic rings. The fraction of sp³-hybridized carbons (Fsp3) is 0.211. The maximum Gasteiger partial charge on any atom is 0.252 e. The average molecular weight is 499 g/mol. The molecule has 2 atom stereocenters. The first-order valence-electron chi connectivity index (χ1n) is 8.88. The Kier molecular flexibility index (Phi) is 6.64. The van der Waals surface area contributed by atoms with Gasteiger partial charge in [0.15, 0.2) is 0 Å². The van der Waals surface area contributed by atoms with Crippen LogP contribution in [0, 0.1) is 0 Å². The van der Waals surface area contributed by atoms with E-state index in [1.807, 2.05) is 24.3 Å². The highest BCUT2D eigenvalue weighted by Crippen LogP contribution is 2.39. The third-order valence-corrected chi connectivity index (χ3v) is 7.60. The summed E-state index contributed by atoms with van der Waals surface area (Å²) < 4.78 is 0. The van der Waals surface area contributed by atoms with E-state index >= 15 is 0 Å². The summed E-state index contributed by atoms with van der Waals surface area (Å²) in [6, 6.07) is 14.6. The molecule has 2 aliphatic heterocycles. The molecule has 30 heavy (non-hydrogen) atoms. The highest BCUT2D eigenvalue weighted by molar-refractivity contribution is 8.00. The lowest BCUT2D eigenvalue weighted by molar-refractivity contribution is -0.130. The van der Waals surface area contributed by atoms with Crippen molar-refractivity contribution in [3.8, 4) is 0 Å². The number of amides is 2. The lowest BCUT2D eigenvalue weighted by atomic mass is 10.2. The SMILES string of the molecule is O=C1CSC(c2ccc(Cl)cc2)N1NC(=S)NN1C(=O)CSC1c1ccc(Cl)cc1. The number of nitrogens with zero attached hydrogens (tertiary/aromatic N) is 2. The number of rotatable bonds is 4. The number of carbonyl (C=O) groups is 2. The number of thioether (sulfide) groups is 2. The van der Waals surface area contributed by atoms with Crippen LogP contribution in [0.25, 0.3) is 0 Å². The quantitative estimate of drug-likeness (QED) is 0.614. The van der Waals surface area contributed by atoms with Crippen molar-refractivity contribution in [2.45, 2.75) is 10.7 Å². The molecule has 2 aliphatic rings. The van der Waals surface area contributed by atoms with Gasteiger partial charge in [-0.05, 0) is 47.6 Å². The van der Waals surface area contributed by atoms with Gasteiger partial charge in [0.2, 0.25) is 5.11 Å². The number of carbonyl (C=O) groups excluding carboxylic acids is 2. The molecule has 2 heterocycles. The summed E-state index contributed by atoms with van der Waals surface area (Å²) in [7, 11) is 0.